The lowest BCUT2D eigenvalue weighted by atomic mass is 10.1. The largest absolute Gasteiger partial charge is 0.269 e. The first kappa shape index (κ1) is 31.6. The summed E-state index contributed by atoms with van der Waals surface area (Å²) in [6, 6.07) is 7.85. The Morgan fingerprint density at radius 2 is 1.69 bits per heavy atom. The van der Waals surface area contributed by atoms with Gasteiger partial charge >= 0.3 is 0 Å². The van der Waals surface area contributed by atoms with Crippen LogP contribution in [0.25, 0.3) is 11.3 Å². The van der Waals surface area contributed by atoms with Crippen molar-refractivity contribution >= 4 is 18.0 Å². The molecule has 0 fully saturated rings. The Morgan fingerprint density at radius 3 is 2.20 bits per heavy atom. The zero-order valence-electron chi connectivity index (χ0n) is 23.4. The molecule has 35 heavy (non-hydrogen) atoms. The van der Waals surface area contributed by atoms with Gasteiger partial charge in [-0.2, -0.15) is 10.2 Å². The minimum absolute atomic E-state index is 0.469. The number of fused-ring (bicyclic) bond motifs is 2. The highest BCUT2D eigenvalue weighted by molar-refractivity contribution is 5.37. The maximum absolute atomic E-state index is 4.39. The van der Waals surface area contributed by atoms with Crippen LogP contribution in [0.4, 0.5) is 0 Å². The standard InChI is InChI=1S/C9H11N3.C8H9N3.C7H13N.2C2H6/c1-7(2)8-3-4-9-10-5-6-12(9)11-8;1-2-7-6-9-8-4-3-5-10-11(7)8;1-5-7(8-4)6(2)3;2*1-2/h3-7H,1-2H3;3-6H,2H2,1H3;5-6H,4H2,1-3H3;2*1-2H3/b;;7-5-;;. The number of hydrogen-bond donors (Lipinski definition) is 0. The molecule has 0 aliphatic carbocycles. The van der Waals surface area contributed by atoms with Crippen LogP contribution < -0.4 is 0 Å². The second-order valence-corrected chi connectivity index (χ2v) is 7.57. The van der Waals surface area contributed by atoms with Crippen molar-refractivity contribution < 1.29 is 0 Å². The smallest absolute Gasteiger partial charge is 0.153 e. The van der Waals surface area contributed by atoms with Crippen molar-refractivity contribution in [1.82, 2.24) is 29.2 Å². The average Bonchev–Trinajstić information content (AvgIpc) is 3.54. The minimum atomic E-state index is 0.469. The van der Waals surface area contributed by atoms with Crippen LogP contribution in [-0.2, 0) is 6.42 Å². The number of hydrogen-bond acceptors (Lipinski definition) is 5. The number of aryl methyl sites for hydroxylation is 1. The third-order valence-corrected chi connectivity index (χ3v) is 4.65. The molecule has 0 aliphatic rings. The fraction of sp³-hybridized carbons (Fsp3) is 0.464. The molecule has 4 rings (SSSR count). The zero-order chi connectivity index (χ0) is 26.8. The molecular formula is C28H45N7. The topological polar surface area (TPSA) is 72.7 Å². The summed E-state index contributed by atoms with van der Waals surface area (Å²) >= 11 is 0. The van der Waals surface area contributed by atoms with E-state index in [9.17, 15) is 0 Å². The van der Waals surface area contributed by atoms with Gasteiger partial charge in [0.25, 0.3) is 0 Å². The van der Waals surface area contributed by atoms with Crippen LogP contribution in [0.2, 0.25) is 0 Å². The van der Waals surface area contributed by atoms with Gasteiger partial charge in [0.2, 0.25) is 0 Å². The molecule has 0 aromatic carbocycles. The van der Waals surface area contributed by atoms with Crippen molar-refractivity contribution in [2.45, 2.75) is 81.6 Å². The van der Waals surface area contributed by atoms with E-state index in [4.69, 9.17) is 0 Å². The number of aromatic nitrogens is 6. The molecular weight excluding hydrogens is 434 g/mol. The first-order chi connectivity index (χ1) is 16.9. The predicted molar refractivity (Wildman–Crippen MR) is 150 cm³/mol. The molecule has 0 bridgehead atoms. The van der Waals surface area contributed by atoms with Gasteiger partial charge in [0.15, 0.2) is 11.3 Å². The summed E-state index contributed by atoms with van der Waals surface area (Å²) in [6.07, 6.45) is 10.2. The molecule has 0 saturated heterocycles. The third-order valence-electron chi connectivity index (χ3n) is 4.65. The molecule has 0 radical (unpaired) electrons. The Labute approximate surface area is 212 Å². The summed E-state index contributed by atoms with van der Waals surface area (Å²) in [6.45, 7) is 24.0. The van der Waals surface area contributed by atoms with Crippen LogP contribution in [0.3, 0.4) is 0 Å². The molecule has 0 unspecified atom stereocenters. The van der Waals surface area contributed by atoms with Crippen LogP contribution in [0.1, 0.15) is 86.5 Å². The van der Waals surface area contributed by atoms with E-state index >= 15 is 0 Å². The number of nitrogens with zero attached hydrogens (tertiary/aromatic N) is 7. The Morgan fingerprint density at radius 1 is 1.00 bits per heavy atom. The molecule has 0 spiro atoms. The van der Waals surface area contributed by atoms with Gasteiger partial charge in [0.1, 0.15) is 0 Å². The van der Waals surface area contributed by atoms with Crippen LogP contribution in [-0.4, -0.2) is 35.9 Å². The Kier molecular flexibility index (Phi) is 16.3. The highest BCUT2D eigenvalue weighted by atomic mass is 15.3. The van der Waals surface area contributed by atoms with Gasteiger partial charge < -0.3 is 0 Å². The Bertz CT molecular complexity index is 1120. The molecule has 4 heterocycles. The summed E-state index contributed by atoms with van der Waals surface area (Å²) in [7, 11) is 0. The fourth-order valence-electron chi connectivity index (χ4n) is 2.86. The molecule has 4 aromatic rings. The van der Waals surface area contributed by atoms with Crippen molar-refractivity contribution in [2.75, 3.05) is 0 Å². The van der Waals surface area contributed by atoms with Gasteiger partial charge in [-0.3, -0.25) is 4.99 Å². The SMILES string of the molecule is C=N/C(=C\C)C(C)C.CC.CC.CC(C)c1ccc2nccn2n1.CCc1cnc2cccnn12. The monoisotopic (exact) mass is 479 g/mol. The van der Waals surface area contributed by atoms with E-state index < -0.39 is 0 Å². The summed E-state index contributed by atoms with van der Waals surface area (Å²) in [5.74, 6) is 0.981. The minimum Gasteiger partial charge on any atom is -0.269 e. The molecule has 0 atom stereocenters. The molecule has 0 N–H and O–H groups in total. The second-order valence-electron chi connectivity index (χ2n) is 7.57. The summed E-state index contributed by atoms with van der Waals surface area (Å²) < 4.78 is 3.66. The lowest BCUT2D eigenvalue weighted by Crippen LogP contribution is -1.98. The molecule has 4 aromatic heterocycles. The van der Waals surface area contributed by atoms with Gasteiger partial charge in [-0.05, 0) is 56.2 Å². The summed E-state index contributed by atoms with van der Waals surface area (Å²) in [5, 5.41) is 8.56. The number of rotatable bonds is 4. The van der Waals surface area contributed by atoms with E-state index in [1.54, 1.807) is 16.9 Å². The van der Waals surface area contributed by atoms with Crippen LogP contribution in [0, 0.1) is 5.92 Å². The highest BCUT2D eigenvalue weighted by Gasteiger charge is 2.01. The number of imidazole rings is 2. The van der Waals surface area contributed by atoms with Crippen molar-refractivity contribution in [1.29, 1.82) is 0 Å². The first-order valence-corrected chi connectivity index (χ1v) is 12.6. The van der Waals surface area contributed by atoms with Gasteiger partial charge in [0.05, 0.1) is 17.6 Å². The van der Waals surface area contributed by atoms with E-state index in [1.807, 2.05) is 81.9 Å². The molecule has 7 nitrogen and oxygen atoms in total. The van der Waals surface area contributed by atoms with Crippen molar-refractivity contribution in [3.63, 3.8) is 0 Å². The molecule has 0 amide bonds. The molecule has 7 heteroatoms. The lowest BCUT2D eigenvalue weighted by Gasteiger charge is -2.02. The maximum atomic E-state index is 4.39. The van der Waals surface area contributed by atoms with Gasteiger partial charge in [0, 0.05) is 24.3 Å². The van der Waals surface area contributed by atoms with Gasteiger partial charge in [-0.15, -0.1) is 0 Å². The van der Waals surface area contributed by atoms with Crippen molar-refractivity contribution in [3.05, 3.63) is 72.2 Å². The quantitative estimate of drug-likeness (QED) is 0.285. The van der Waals surface area contributed by atoms with Crippen molar-refractivity contribution in [2.24, 2.45) is 10.9 Å². The van der Waals surface area contributed by atoms with E-state index in [0.717, 1.165) is 34.8 Å². The Balaban J connectivity index is 0.000000471. The number of allylic oxidation sites excluding steroid dienone is 2. The van der Waals surface area contributed by atoms with Crippen molar-refractivity contribution in [3.8, 4) is 0 Å². The third kappa shape index (κ3) is 10.2. The first-order valence-electron chi connectivity index (χ1n) is 12.6. The van der Waals surface area contributed by atoms with E-state index in [0.29, 0.717) is 11.8 Å². The highest BCUT2D eigenvalue weighted by Crippen LogP contribution is 2.11. The number of aliphatic imine (C=N–C) groups is 1. The summed E-state index contributed by atoms with van der Waals surface area (Å²) in [4.78, 5) is 12.1. The van der Waals surface area contributed by atoms with E-state index in [2.05, 4.69) is 66.5 Å². The second kappa shape index (κ2) is 18.0. The normalized spacial score (nSPS) is 10.3. The fourth-order valence-corrected chi connectivity index (χ4v) is 2.86. The lowest BCUT2D eigenvalue weighted by molar-refractivity contribution is 0.758. The molecule has 0 aliphatic heterocycles. The molecule has 192 valence electrons. The van der Waals surface area contributed by atoms with Crippen LogP contribution in [0.15, 0.2) is 65.8 Å². The van der Waals surface area contributed by atoms with Gasteiger partial charge in [-0.25, -0.2) is 19.0 Å². The van der Waals surface area contributed by atoms with E-state index in [-0.39, 0.29) is 0 Å². The predicted octanol–water partition coefficient (Wildman–Crippen LogP) is 7.44. The zero-order valence-corrected chi connectivity index (χ0v) is 23.4. The van der Waals surface area contributed by atoms with E-state index in [1.165, 1.54) is 0 Å². The molecule has 0 saturated carbocycles. The Hall–Kier alpha value is -3.35. The van der Waals surface area contributed by atoms with Crippen LogP contribution in [0.5, 0.6) is 0 Å². The van der Waals surface area contributed by atoms with Gasteiger partial charge in [-0.1, -0.05) is 68.4 Å². The average molecular weight is 480 g/mol. The summed E-state index contributed by atoms with van der Waals surface area (Å²) in [5.41, 5.74) is 5.15. The maximum Gasteiger partial charge on any atom is 0.153 e. The van der Waals surface area contributed by atoms with Crippen LogP contribution >= 0.6 is 0 Å².